The molecule has 1 unspecified atom stereocenters. The molecule has 0 spiro atoms. The van der Waals surface area contributed by atoms with E-state index in [9.17, 15) is 4.79 Å². The van der Waals surface area contributed by atoms with E-state index in [2.05, 4.69) is 24.1 Å². The fourth-order valence-corrected chi connectivity index (χ4v) is 2.65. The van der Waals surface area contributed by atoms with Crippen LogP contribution in [-0.2, 0) is 0 Å². The number of halogens is 1. The third-order valence-electron chi connectivity index (χ3n) is 3.86. The highest BCUT2D eigenvalue weighted by Crippen LogP contribution is 2.23. The van der Waals surface area contributed by atoms with Gasteiger partial charge in [0.2, 0.25) is 0 Å². The number of likely N-dealkylation sites (N-methyl/N-ethyl adjacent to an activating group) is 1. The standard InChI is InChI=1S/C18H23ClN2O2/c1-12(2)15(21(3)4)11-20-18(22)17-10-9-16(23-17)13-5-7-14(19)8-6-13/h5-10,12,15H,11H2,1-4H3,(H,20,22). The van der Waals surface area contributed by atoms with E-state index in [-0.39, 0.29) is 11.9 Å². The van der Waals surface area contributed by atoms with Crippen molar-refractivity contribution in [3.63, 3.8) is 0 Å². The molecular weight excluding hydrogens is 312 g/mol. The van der Waals surface area contributed by atoms with Crippen LogP contribution in [0.15, 0.2) is 40.8 Å². The molecule has 2 rings (SSSR count). The van der Waals surface area contributed by atoms with Crippen LogP contribution in [0, 0.1) is 5.92 Å². The summed E-state index contributed by atoms with van der Waals surface area (Å²) >= 11 is 5.88. The van der Waals surface area contributed by atoms with Crippen LogP contribution >= 0.6 is 11.6 Å². The lowest BCUT2D eigenvalue weighted by atomic mass is 10.0. The monoisotopic (exact) mass is 334 g/mol. The number of amides is 1. The van der Waals surface area contributed by atoms with Crippen LogP contribution < -0.4 is 5.32 Å². The first-order valence-corrected chi connectivity index (χ1v) is 8.06. The van der Waals surface area contributed by atoms with Crippen molar-refractivity contribution in [2.45, 2.75) is 19.9 Å². The van der Waals surface area contributed by atoms with Gasteiger partial charge in [0, 0.05) is 23.2 Å². The number of rotatable bonds is 6. The van der Waals surface area contributed by atoms with Gasteiger partial charge in [-0.05, 0) is 56.4 Å². The van der Waals surface area contributed by atoms with Gasteiger partial charge in [0.1, 0.15) is 5.76 Å². The molecule has 1 heterocycles. The molecule has 0 aliphatic heterocycles. The van der Waals surface area contributed by atoms with Gasteiger partial charge >= 0.3 is 0 Å². The van der Waals surface area contributed by atoms with Gasteiger partial charge in [-0.2, -0.15) is 0 Å². The molecule has 4 nitrogen and oxygen atoms in total. The Balaban J connectivity index is 2.02. The second-order valence-electron chi connectivity index (χ2n) is 6.16. The summed E-state index contributed by atoms with van der Waals surface area (Å²) in [5.74, 6) is 1.22. The highest BCUT2D eigenvalue weighted by molar-refractivity contribution is 6.30. The van der Waals surface area contributed by atoms with Crippen molar-refractivity contribution in [2.24, 2.45) is 5.92 Å². The van der Waals surface area contributed by atoms with Crippen molar-refractivity contribution in [2.75, 3.05) is 20.6 Å². The number of carbonyl (C=O) groups excluding carboxylic acids is 1. The van der Waals surface area contributed by atoms with Crippen LogP contribution in [0.4, 0.5) is 0 Å². The summed E-state index contributed by atoms with van der Waals surface area (Å²) in [7, 11) is 4.03. The first kappa shape index (κ1) is 17.6. The Labute approximate surface area is 142 Å². The van der Waals surface area contributed by atoms with Crippen molar-refractivity contribution >= 4 is 17.5 Å². The van der Waals surface area contributed by atoms with Gasteiger partial charge < -0.3 is 14.6 Å². The molecule has 0 saturated carbocycles. The van der Waals surface area contributed by atoms with Crippen LogP contribution in [-0.4, -0.2) is 37.5 Å². The van der Waals surface area contributed by atoms with Gasteiger partial charge in [-0.1, -0.05) is 25.4 Å². The van der Waals surface area contributed by atoms with Gasteiger partial charge in [-0.3, -0.25) is 4.79 Å². The fourth-order valence-electron chi connectivity index (χ4n) is 2.53. The van der Waals surface area contributed by atoms with Crippen molar-refractivity contribution in [1.82, 2.24) is 10.2 Å². The Hall–Kier alpha value is -1.78. The molecule has 0 radical (unpaired) electrons. The first-order chi connectivity index (χ1) is 10.9. The minimum Gasteiger partial charge on any atom is -0.451 e. The number of furan rings is 1. The van der Waals surface area contributed by atoms with Crippen LogP contribution in [0.5, 0.6) is 0 Å². The molecule has 2 aromatic rings. The highest BCUT2D eigenvalue weighted by atomic mass is 35.5. The average molecular weight is 335 g/mol. The molecule has 0 saturated heterocycles. The van der Waals surface area contributed by atoms with Crippen LogP contribution in [0.2, 0.25) is 5.02 Å². The number of carbonyl (C=O) groups is 1. The summed E-state index contributed by atoms with van der Waals surface area (Å²) in [5.41, 5.74) is 0.891. The molecule has 0 aliphatic carbocycles. The largest absolute Gasteiger partial charge is 0.451 e. The molecule has 0 fully saturated rings. The van der Waals surface area contributed by atoms with E-state index >= 15 is 0 Å². The molecule has 124 valence electrons. The Bertz CT molecular complexity index is 639. The zero-order valence-electron chi connectivity index (χ0n) is 14.0. The van der Waals surface area contributed by atoms with Gasteiger partial charge in [-0.25, -0.2) is 0 Å². The van der Waals surface area contributed by atoms with E-state index in [4.69, 9.17) is 16.0 Å². The number of nitrogens with zero attached hydrogens (tertiary/aromatic N) is 1. The zero-order valence-corrected chi connectivity index (χ0v) is 14.7. The fraction of sp³-hybridized carbons (Fsp3) is 0.389. The molecule has 23 heavy (non-hydrogen) atoms. The molecule has 0 bridgehead atoms. The van der Waals surface area contributed by atoms with E-state index in [1.807, 2.05) is 26.2 Å². The van der Waals surface area contributed by atoms with Crippen LogP contribution in [0.3, 0.4) is 0 Å². The smallest absolute Gasteiger partial charge is 0.287 e. The summed E-state index contributed by atoms with van der Waals surface area (Å²) in [6.45, 7) is 4.87. The van der Waals surface area contributed by atoms with E-state index in [0.717, 1.165) is 5.56 Å². The molecule has 0 aliphatic rings. The second kappa shape index (κ2) is 7.66. The maximum Gasteiger partial charge on any atom is 0.287 e. The summed E-state index contributed by atoms with van der Waals surface area (Å²) in [6, 6.07) is 11.1. The predicted octanol–water partition coefficient (Wildman–Crippen LogP) is 3.92. The molecule has 1 aromatic carbocycles. The van der Waals surface area contributed by atoms with Crippen molar-refractivity contribution < 1.29 is 9.21 Å². The normalized spacial score (nSPS) is 12.7. The second-order valence-corrected chi connectivity index (χ2v) is 6.59. The lowest BCUT2D eigenvalue weighted by Crippen LogP contribution is -2.43. The maximum absolute atomic E-state index is 12.2. The number of hydrogen-bond acceptors (Lipinski definition) is 3. The SMILES string of the molecule is CC(C)C(CNC(=O)c1ccc(-c2ccc(Cl)cc2)o1)N(C)C. The van der Waals surface area contributed by atoms with E-state index < -0.39 is 0 Å². The van der Waals surface area contributed by atoms with Gasteiger partial charge in [0.05, 0.1) is 0 Å². The third kappa shape index (κ3) is 4.60. The minimum atomic E-state index is -0.197. The Kier molecular flexibility index (Phi) is 5.85. The molecule has 5 heteroatoms. The van der Waals surface area contributed by atoms with Gasteiger partial charge in [0.15, 0.2) is 5.76 Å². The Morgan fingerprint density at radius 1 is 1.17 bits per heavy atom. The molecule has 1 aromatic heterocycles. The quantitative estimate of drug-likeness (QED) is 0.871. The molecule has 1 atom stereocenters. The molecular formula is C18H23ClN2O2. The lowest BCUT2D eigenvalue weighted by Gasteiger charge is -2.27. The summed E-state index contributed by atoms with van der Waals surface area (Å²) in [6.07, 6.45) is 0. The third-order valence-corrected chi connectivity index (χ3v) is 4.12. The van der Waals surface area contributed by atoms with E-state index in [1.54, 1.807) is 24.3 Å². The molecule has 1 amide bonds. The number of nitrogens with one attached hydrogen (secondary N) is 1. The number of hydrogen-bond donors (Lipinski definition) is 1. The van der Waals surface area contributed by atoms with Gasteiger partial charge in [0.25, 0.3) is 5.91 Å². The number of benzene rings is 1. The summed E-state index contributed by atoms with van der Waals surface area (Å²) in [5, 5.41) is 3.61. The lowest BCUT2D eigenvalue weighted by molar-refractivity contribution is 0.0908. The Morgan fingerprint density at radius 3 is 2.39 bits per heavy atom. The first-order valence-electron chi connectivity index (χ1n) is 7.69. The summed E-state index contributed by atoms with van der Waals surface area (Å²) in [4.78, 5) is 14.4. The maximum atomic E-state index is 12.2. The average Bonchev–Trinajstić information content (AvgIpc) is 2.97. The van der Waals surface area contributed by atoms with Crippen molar-refractivity contribution in [1.29, 1.82) is 0 Å². The zero-order chi connectivity index (χ0) is 17.0. The Morgan fingerprint density at radius 2 is 1.83 bits per heavy atom. The predicted molar refractivity (Wildman–Crippen MR) is 93.8 cm³/mol. The minimum absolute atomic E-state index is 0.197. The van der Waals surface area contributed by atoms with E-state index in [0.29, 0.717) is 29.0 Å². The van der Waals surface area contributed by atoms with Crippen LogP contribution in [0.25, 0.3) is 11.3 Å². The van der Waals surface area contributed by atoms with E-state index in [1.165, 1.54) is 0 Å². The van der Waals surface area contributed by atoms with Crippen LogP contribution in [0.1, 0.15) is 24.4 Å². The van der Waals surface area contributed by atoms with Crippen molar-refractivity contribution in [3.05, 3.63) is 47.2 Å². The van der Waals surface area contributed by atoms with Crippen molar-refractivity contribution in [3.8, 4) is 11.3 Å². The summed E-state index contributed by atoms with van der Waals surface area (Å²) < 4.78 is 5.66. The highest BCUT2D eigenvalue weighted by Gasteiger charge is 2.18. The topological polar surface area (TPSA) is 45.5 Å². The van der Waals surface area contributed by atoms with Gasteiger partial charge in [-0.15, -0.1) is 0 Å². The molecule has 1 N–H and O–H groups in total.